The van der Waals surface area contributed by atoms with Crippen LogP contribution in [0.5, 0.6) is 5.75 Å². The van der Waals surface area contributed by atoms with Gasteiger partial charge in [-0.1, -0.05) is 6.07 Å². The molecule has 0 radical (unpaired) electrons. The Morgan fingerprint density at radius 3 is 2.38 bits per heavy atom. The first-order chi connectivity index (χ1) is 22.8. The molecule has 2 aliphatic heterocycles. The van der Waals surface area contributed by atoms with Gasteiger partial charge in [0.15, 0.2) is 0 Å². The second-order valence-corrected chi connectivity index (χ2v) is 13.1. The third kappa shape index (κ3) is 7.69. The van der Waals surface area contributed by atoms with Crippen molar-refractivity contribution in [2.24, 2.45) is 5.92 Å². The molecule has 3 aromatic rings. The Kier molecular flexibility index (Phi) is 10.8. The summed E-state index contributed by atoms with van der Waals surface area (Å²) in [6.45, 7) is 11.3. The molecule has 1 fully saturated rings. The zero-order valence-corrected chi connectivity index (χ0v) is 28.3. The molecule has 0 spiro atoms. The van der Waals surface area contributed by atoms with Crippen molar-refractivity contribution in [2.75, 3.05) is 44.7 Å². The number of piperidine rings is 1. The molecule has 0 aliphatic carbocycles. The number of anilines is 1. The van der Waals surface area contributed by atoms with Gasteiger partial charge in [-0.15, -0.1) is 0 Å². The molecule has 260 valence electrons. The molecule has 1 saturated heterocycles. The summed E-state index contributed by atoms with van der Waals surface area (Å²) in [5, 5.41) is 0. The van der Waals surface area contributed by atoms with Gasteiger partial charge in [0, 0.05) is 26.2 Å². The highest BCUT2D eigenvalue weighted by Crippen LogP contribution is 2.33. The average Bonchev–Trinajstić information content (AvgIpc) is 3.05. The minimum absolute atomic E-state index is 0.0580. The number of carbonyl (C=O) groups excluding carboxylic acids is 1. The van der Waals surface area contributed by atoms with Crippen molar-refractivity contribution in [1.82, 2.24) is 19.4 Å². The normalized spacial score (nSPS) is 16.6. The van der Waals surface area contributed by atoms with Crippen molar-refractivity contribution in [2.45, 2.75) is 78.1 Å². The summed E-state index contributed by atoms with van der Waals surface area (Å²) in [6, 6.07) is 9.49. The van der Waals surface area contributed by atoms with Gasteiger partial charge in [-0.05, 0) is 114 Å². The molecule has 8 nitrogen and oxygen atoms in total. The van der Waals surface area contributed by atoms with E-state index in [9.17, 15) is 27.2 Å². The fraction of sp³-hybridized carbons (Fsp3) is 0.528. The van der Waals surface area contributed by atoms with Gasteiger partial charge in [-0.2, -0.15) is 13.2 Å². The first kappa shape index (κ1) is 35.4. The lowest BCUT2D eigenvalue weighted by molar-refractivity contribution is -0.140. The van der Waals surface area contributed by atoms with Crippen LogP contribution in [-0.2, 0) is 23.8 Å². The van der Waals surface area contributed by atoms with Crippen LogP contribution in [-0.4, -0.2) is 71.1 Å². The predicted octanol–water partition coefficient (Wildman–Crippen LogP) is 6.42. The number of hydrogen-bond acceptors (Lipinski definition) is 6. The Hall–Kier alpha value is -3.93. The standard InChI is InChI=1S/C36H45F4N5O3/c1-6-48-28-12-10-27(11-13-28)45-33(41-34-29(35(45)47)8-7-17-42(34)5)24(4)44(22-25-15-18-43(19-16-25)23(2)3)32(46)21-26-9-14-31(37)30(20-26)36(38,39)40/h9-14,20,23-25H,6-8,15-19,21-22H2,1-5H3/t24-/m1/s1. The fourth-order valence-corrected chi connectivity index (χ4v) is 6.80. The Morgan fingerprint density at radius 2 is 1.75 bits per heavy atom. The van der Waals surface area contributed by atoms with Crippen LogP contribution in [0.2, 0.25) is 0 Å². The second-order valence-electron chi connectivity index (χ2n) is 13.1. The molecule has 12 heteroatoms. The van der Waals surface area contributed by atoms with E-state index in [1.807, 2.05) is 25.8 Å². The Balaban J connectivity index is 1.57. The lowest BCUT2D eigenvalue weighted by Gasteiger charge is -2.39. The summed E-state index contributed by atoms with van der Waals surface area (Å²) in [5.41, 5.74) is -0.401. The number of aromatic nitrogens is 2. The molecule has 0 N–H and O–H groups in total. The van der Waals surface area contributed by atoms with Crippen molar-refractivity contribution < 1.29 is 27.1 Å². The topological polar surface area (TPSA) is 70.9 Å². The summed E-state index contributed by atoms with van der Waals surface area (Å²) < 4.78 is 62.0. The number of alkyl halides is 3. The maximum Gasteiger partial charge on any atom is 0.419 e. The smallest absolute Gasteiger partial charge is 0.419 e. The van der Waals surface area contributed by atoms with E-state index in [4.69, 9.17) is 9.72 Å². The van der Waals surface area contributed by atoms with Gasteiger partial charge in [-0.25, -0.2) is 9.37 Å². The van der Waals surface area contributed by atoms with E-state index >= 15 is 0 Å². The van der Waals surface area contributed by atoms with Gasteiger partial charge in [0.1, 0.15) is 23.2 Å². The lowest BCUT2D eigenvalue weighted by Crippen LogP contribution is -2.45. The first-order valence-corrected chi connectivity index (χ1v) is 16.8. The molecule has 0 saturated carbocycles. The first-order valence-electron chi connectivity index (χ1n) is 16.8. The number of benzene rings is 2. The van der Waals surface area contributed by atoms with E-state index in [1.165, 1.54) is 6.07 Å². The number of rotatable bonds is 10. The Labute approximate surface area is 279 Å². The quantitative estimate of drug-likeness (QED) is 0.232. The van der Waals surface area contributed by atoms with E-state index in [2.05, 4.69) is 18.7 Å². The average molecular weight is 672 g/mol. The maximum atomic E-state index is 14.2. The molecule has 5 rings (SSSR count). The fourth-order valence-electron chi connectivity index (χ4n) is 6.80. The highest BCUT2D eigenvalue weighted by Gasteiger charge is 2.36. The van der Waals surface area contributed by atoms with E-state index in [0.29, 0.717) is 60.3 Å². The van der Waals surface area contributed by atoms with Gasteiger partial charge in [0.2, 0.25) is 5.91 Å². The van der Waals surface area contributed by atoms with Crippen molar-refractivity contribution in [1.29, 1.82) is 0 Å². The lowest BCUT2D eigenvalue weighted by atomic mass is 9.94. The highest BCUT2D eigenvalue weighted by molar-refractivity contribution is 5.79. The largest absolute Gasteiger partial charge is 0.494 e. The SMILES string of the molecule is CCOc1ccc(-n2c([C@@H](C)N(CC3CCN(C(C)C)CC3)C(=O)Cc3ccc(F)c(C(F)(F)F)c3)nc3c(c2=O)CCCN3C)cc1. The molecule has 1 atom stereocenters. The number of halogens is 4. The van der Waals surface area contributed by atoms with Crippen molar-refractivity contribution >= 4 is 11.7 Å². The van der Waals surface area contributed by atoms with E-state index in [0.717, 1.165) is 45.0 Å². The van der Waals surface area contributed by atoms with E-state index < -0.39 is 29.5 Å². The zero-order chi connectivity index (χ0) is 34.7. The van der Waals surface area contributed by atoms with Crippen LogP contribution in [0, 0.1) is 11.7 Å². The number of likely N-dealkylation sites (tertiary alicyclic amines) is 1. The second kappa shape index (κ2) is 14.7. The van der Waals surface area contributed by atoms with Gasteiger partial charge in [-0.3, -0.25) is 14.2 Å². The van der Waals surface area contributed by atoms with Crippen molar-refractivity contribution in [3.8, 4) is 11.4 Å². The van der Waals surface area contributed by atoms with Crippen molar-refractivity contribution in [3.63, 3.8) is 0 Å². The van der Waals surface area contributed by atoms with Crippen LogP contribution >= 0.6 is 0 Å². The molecule has 2 aliphatic rings. The zero-order valence-electron chi connectivity index (χ0n) is 28.3. The molecule has 48 heavy (non-hydrogen) atoms. The Morgan fingerprint density at radius 1 is 1.06 bits per heavy atom. The Bertz CT molecular complexity index is 1650. The van der Waals surface area contributed by atoms with E-state index in [1.54, 1.807) is 33.7 Å². The van der Waals surface area contributed by atoms with Gasteiger partial charge in [0.25, 0.3) is 5.56 Å². The summed E-state index contributed by atoms with van der Waals surface area (Å²) >= 11 is 0. The molecule has 1 amide bonds. The predicted molar refractivity (Wildman–Crippen MR) is 177 cm³/mol. The summed E-state index contributed by atoms with van der Waals surface area (Å²) in [4.78, 5) is 39.5. The van der Waals surface area contributed by atoms with Gasteiger partial charge in [0.05, 0.1) is 35.9 Å². The summed E-state index contributed by atoms with van der Waals surface area (Å²) in [7, 11) is 1.89. The minimum Gasteiger partial charge on any atom is -0.494 e. The maximum absolute atomic E-state index is 14.2. The number of amides is 1. The molecular formula is C36H45F4N5O3. The number of nitrogens with zero attached hydrogens (tertiary/aromatic N) is 5. The third-order valence-electron chi connectivity index (χ3n) is 9.56. The van der Waals surface area contributed by atoms with Crippen LogP contribution in [0.1, 0.15) is 75.5 Å². The molecular weight excluding hydrogens is 626 g/mol. The van der Waals surface area contributed by atoms with Crippen LogP contribution in [0.25, 0.3) is 5.69 Å². The van der Waals surface area contributed by atoms with Gasteiger partial charge >= 0.3 is 6.18 Å². The number of carbonyl (C=O) groups is 1. The summed E-state index contributed by atoms with van der Waals surface area (Å²) in [6.07, 6.45) is -2.20. The summed E-state index contributed by atoms with van der Waals surface area (Å²) in [5.74, 6) is -0.0939. The number of ether oxygens (including phenoxy) is 1. The molecule has 0 unspecified atom stereocenters. The van der Waals surface area contributed by atoms with Crippen LogP contribution in [0.15, 0.2) is 47.3 Å². The molecule has 2 aromatic carbocycles. The van der Waals surface area contributed by atoms with Gasteiger partial charge < -0.3 is 19.4 Å². The molecule has 1 aromatic heterocycles. The van der Waals surface area contributed by atoms with Crippen molar-refractivity contribution in [3.05, 3.63) is 81.2 Å². The minimum atomic E-state index is -4.90. The number of fused-ring (bicyclic) bond motifs is 1. The highest BCUT2D eigenvalue weighted by atomic mass is 19.4. The van der Waals surface area contributed by atoms with Crippen LogP contribution in [0.3, 0.4) is 0 Å². The number of hydrogen-bond donors (Lipinski definition) is 0. The van der Waals surface area contributed by atoms with Crippen LogP contribution < -0.4 is 15.2 Å². The van der Waals surface area contributed by atoms with Crippen LogP contribution in [0.4, 0.5) is 23.4 Å². The van der Waals surface area contributed by atoms with E-state index in [-0.39, 0.29) is 23.5 Å². The third-order valence-corrected chi connectivity index (χ3v) is 9.56. The molecule has 3 heterocycles. The molecule has 0 bridgehead atoms. The monoisotopic (exact) mass is 671 g/mol.